The number of nitrogens with zero attached hydrogens (tertiary/aromatic N) is 1. The van der Waals surface area contributed by atoms with Crippen LogP contribution in [0.5, 0.6) is 5.88 Å². The first-order valence-electron chi connectivity index (χ1n) is 6.07. The summed E-state index contributed by atoms with van der Waals surface area (Å²) in [5, 5.41) is 12.2. The molecule has 0 spiro atoms. The van der Waals surface area contributed by atoms with E-state index in [2.05, 4.69) is 17.2 Å². The molecule has 0 aliphatic heterocycles. The fraction of sp³-hybridized carbons (Fsp3) is 0.615. The summed E-state index contributed by atoms with van der Waals surface area (Å²) in [4.78, 5) is 4.14. The number of nitrogens with one attached hydrogen (secondary N) is 1. The number of pyridine rings is 1. The van der Waals surface area contributed by atoms with Gasteiger partial charge in [0.1, 0.15) is 0 Å². The van der Waals surface area contributed by atoms with Crippen LogP contribution in [0.25, 0.3) is 0 Å². The lowest BCUT2D eigenvalue weighted by Crippen LogP contribution is -2.16. The molecule has 0 saturated heterocycles. The minimum atomic E-state index is 0.274. The van der Waals surface area contributed by atoms with E-state index in [4.69, 9.17) is 9.84 Å². The fourth-order valence-electron chi connectivity index (χ4n) is 1.63. The zero-order valence-corrected chi connectivity index (χ0v) is 10.6. The van der Waals surface area contributed by atoms with Gasteiger partial charge >= 0.3 is 0 Å². The summed E-state index contributed by atoms with van der Waals surface area (Å²) in [6.07, 6.45) is 3.85. The molecule has 0 amide bonds. The largest absolute Gasteiger partial charge is 0.481 e. The summed E-state index contributed by atoms with van der Waals surface area (Å²) in [6, 6.07) is 3.92. The maximum atomic E-state index is 8.89. The summed E-state index contributed by atoms with van der Waals surface area (Å²) in [5.74, 6) is 1.08. The van der Waals surface area contributed by atoms with E-state index in [9.17, 15) is 0 Å². The SMILES string of the molecule is COc1ncccc1CNCCCC(C)CO. The average Bonchev–Trinajstić information content (AvgIpc) is 2.38. The molecular weight excluding hydrogens is 216 g/mol. The van der Waals surface area contributed by atoms with Crippen LogP contribution in [-0.2, 0) is 6.54 Å². The molecule has 17 heavy (non-hydrogen) atoms. The molecule has 0 fully saturated rings. The number of hydrogen-bond acceptors (Lipinski definition) is 4. The van der Waals surface area contributed by atoms with Gasteiger partial charge in [0.2, 0.25) is 5.88 Å². The number of aromatic nitrogens is 1. The number of ether oxygens (including phenoxy) is 1. The van der Waals surface area contributed by atoms with Crippen LogP contribution in [-0.4, -0.2) is 30.4 Å². The van der Waals surface area contributed by atoms with E-state index in [-0.39, 0.29) is 6.61 Å². The summed E-state index contributed by atoms with van der Waals surface area (Å²) in [7, 11) is 1.63. The molecule has 1 aromatic rings. The van der Waals surface area contributed by atoms with Crippen LogP contribution >= 0.6 is 0 Å². The zero-order chi connectivity index (χ0) is 12.5. The molecule has 1 heterocycles. The molecule has 0 aliphatic rings. The third-order valence-corrected chi connectivity index (χ3v) is 2.72. The highest BCUT2D eigenvalue weighted by Crippen LogP contribution is 2.12. The Balaban J connectivity index is 2.22. The van der Waals surface area contributed by atoms with Crippen molar-refractivity contribution in [2.24, 2.45) is 5.92 Å². The molecule has 0 saturated carbocycles. The lowest BCUT2D eigenvalue weighted by Gasteiger charge is -2.10. The smallest absolute Gasteiger partial charge is 0.217 e. The van der Waals surface area contributed by atoms with Gasteiger partial charge in [0, 0.05) is 24.9 Å². The van der Waals surface area contributed by atoms with E-state index in [1.54, 1.807) is 13.3 Å². The van der Waals surface area contributed by atoms with E-state index >= 15 is 0 Å². The number of rotatable bonds is 8. The lowest BCUT2D eigenvalue weighted by molar-refractivity contribution is 0.228. The van der Waals surface area contributed by atoms with Crippen LogP contribution < -0.4 is 10.1 Å². The van der Waals surface area contributed by atoms with Gasteiger partial charge in [-0.15, -0.1) is 0 Å². The summed E-state index contributed by atoms with van der Waals surface area (Å²) >= 11 is 0. The fourth-order valence-corrected chi connectivity index (χ4v) is 1.63. The minimum Gasteiger partial charge on any atom is -0.481 e. The second-order valence-corrected chi connectivity index (χ2v) is 4.28. The predicted molar refractivity (Wildman–Crippen MR) is 68.0 cm³/mol. The van der Waals surface area contributed by atoms with Crippen LogP contribution in [0.4, 0.5) is 0 Å². The van der Waals surface area contributed by atoms with Crippen molar-refractivity contribution >= 4 is 0 Å². The molecule has 0 bridgehead atoms. The molecule has 0 aliphatic carbocycles. The van der Waals surface area contributed by atoms with Gasteiger partial charge in [0.15, 0.2) is 0 Å². The molecule has 1 unspecified atom stereocenters. The number of methoxy groups -OCH3 is 1. The van der Waals surface area contributed by atoms with Crippen LogP contribution in [0.3, 0.4) is 0 Å². The zero-order valence-electron chi connectivity index (χ0n) is 10.6. The summed E-state index contributed by atoms with van der Waals surface area (Å²) < 4.78 is 5.17. The predicted octanol–water partition coefficient (Wildman–Crippen LogP) is 1.59. The summed E-state index contributed by atoms with van der Waals surface area (Å²) in [5.41, 5.74) is 1.07. The van der Waals surface area contributed by atoms with E-state index in [0.717, 1.165) is 31.5 Å². The molecule has 1 rings (SSSR count). The van der Waals surface area contributed by atoms with E-state index < -0.39 is 0 Å². The first kappa shape index (κ1) is 13.9. The Morgan fingerprint density at radius 3 is 3.06 bits per heavy atom. The normalized spacial score (nSPS) is 12.4. The second-order valence-electron chi connectivity index (χ2n) is 4.28. The molecule has 4 nitrogen and oxygen atoms in total. The van der Waals surface area contributed by atoms with Crippen LogP contribution in [0.1, 0.15) is 25.3 Å². The molecule has 0 radical (unpaired) electrons. The maximum absolute atomic E-state index is 8.89. The Bertz CT molecular complexity index is 318. The van der Waals surface area contributed by atoms with Gasteiger partial charge in [0.25, 0.3) is 0 Å². The lowest BCUT2D eigenvalue weighted by atomic mass is 10.1. The van der Waals surface area contributed by atoms with Gasteiger partial charge in [-0.3, -0.25) is 0 Å². The van der Waals surface area contributed by atoms with Crippen molar-refractivity contribution in [1.29, 1.82) is 0 Å². The van der Waals surface area contributed by atoms with Crippen LogP contribution in [0.15, 0.2) is 18.3 Å². The Morgan fingerprint density at radius 1 is 1.53 bits per heavy atom. The highest BCUT2D eigenvalue weighted by Gasteiger charge is 2.02. The van der Waals surface area contributed by atoms with Crippen molar-refractivity contribution in [3.8, 4) is 5.88 Å². The Hall–Kier alpha value is -1.13. The Kier molecular flexibility index (Phi) is 6.58. The van der Waals surface area contributed by atoms with E-state index in [0.29, 0.717) is 11.8 Å². The molecule has 0 aromatic carbocycles. The van der Waals surface area contributed by atoms with Gasteiger partial charge in [-0.1, -0.05) is 13.0 Å². The van der Waals surface area contributed by atoms with Crippen molar-refractivity contribution in [1.82, 2.24) is 10.3 Å². The maximum Gasteiger partial charge on any atom is 0.217 e. The van der Waals surface area contributed by atoms with Crippen molar-refractivity contribution < 1.29 is 9.84 Å². The van der Waals surface area contributed by atoms with Gasteiger partial charge in [0.05, 0.1) is 7.11 Å². The van der Waals surface area contributed by atoms with Gasteiger partial charge in [-0.25, -0.2) is 4.98 Å². The van der Waals surface area contributed by atoms with Gasteiger partial charge < -0.3 is 15.2 Å². The quantitative estimate of drug-likeness (QED) is 0.675. The molecular formula is C13H22N2O2. The third-order valence-electron chi connectivity index (χ3n) is 2.72. The van der Waals surface area contributed by atoms with Crippen molar-refractivity contribution in [2.75, 3.05) is 20.3 Å². The monoisotopic (exact) mass is 238 g/mol. The minimum absolute atomic E-state index is 0.274. The molecule has 1 atom stereocenters. The molecule has 4 heteroatoms. The van der Waals surface area contributed by atoms with E-state index in [1.807, 2.05) is 12.1 Å². The number of aliphatic hydroxyl groups is 1. The Labute approximate surface area is 103 Å². The van der Waals surface area contributed by atoms with Crippen molar-refractivity contribution in [2.45, 2.75) is 26.3 Å². The highest BCUT2D eigenvalue weighted by molar-refractivity contribution is 5.24. The number of aliphatic hydroxyl groups excluding tert-OH is 1. The molecule has 1 aromatic heterocycles. The number of hydrogen-bond donors (Lipinski definition) is 2. The standard InChI is InChI=1S/C13H22N2O2/c1-11(10-16)5-3-7-14-9-12-6-4-8-15-13(12)17-2/h4,6,8,11,14,16H,3,5,7,9-10H2,1-2H3. The van der Waals surface area contributed by atoms with Crippen molar-refractivity contribution in [3.05, 3.63) is 23.9 Å². The highest BCUT2D eigenvalue weighted by atomic mass is 16.5. The first-order chi connectivity index (χ1) is 8.27. The summed E-state index contributed by atoms with van der Waals surface area (Å²) in [6.45, 7) is 4.05. The average molecular weight is 238 g/mol. The molecule has 96 valence electrons. The van der Waals surface area contributed by atoms with Gasteiger partial charge in [-0.2, -0.15) is 0 Å². The Morgan fingerprint density at radius 2 is 2.35 bits per heavy atom. The molecule has 2 N–H and O–H groups in total. The van der Waals surface area contributed by atoms with Gasteiger partial charge in [-0.05, 0) is 31.4 Å². The van der Waals surface area contributed by atoms with E-state index in [1.165, 1.54) is 0 Å². The topological polar surface area (TPSA) is 54.4 Å². The first-order valence-corrected chi connectivity index (χ1v) is 6.07. The van der Waals surface area contributed by atoms with Crippen molar-refractivity contribution in [3.63, 3.8) is 0 Å². The third kappa shape index (κ3) is 5.15. The van der Waals surface area contributed by atoms with Crippen LogP contribution in [0, 0.1) is 5.92 Å². The second kappa shape index (κ2) is 8.03. The van der Waals surface area contributed by atoms with Crippen LogP contribution in [0.2, 0.25) is 0 Å².